The van der Waals surface area contributed by atoms with E-state index in [-0.39, 0.29) is 18.8 Å². The van der Waals surface area contributed by atoms with Gasteiger partial charge in [-0.3, -0.25) is 9.48 Å². The highest BCUT2D eigenvalue weighted by Crippen LogP contribution is 2.21. The Balaban J connectivity index is 2.73. The van der Waals surface area contributed by atoms with E-state index in [1.165, 1.54) is 0 Å². The van der Waals surface area contributed by atoms with Crippen molar-refractivity contribution in [2.75, 3.05) is 13.2 Å². The lowest BCUT2D eigenvalue weighted by molar-refractivity contribution is -0.122. The maximum atomic E-state index is 11.5. The van der Waals surface area contributed by atoms with Crippen LogP contribution in [0.2, 0.25) is 5.02 Å². The van der Waals surface area contributed by atoms with Crippen LogP contribution in [0, 0.1) is 0 Å². The van der Waals surface area contributed by atoms with Crippen molar-refractivity contribution in [3.8, 4) is 0 Å². The van der Waals surface area contributed by atoms with E-state index < -0.39 is 0 Å². The number of aryl methyl sites for hydroxylation is 2. The molecule has 0 saturated carbocycles. The molecule has 5 heteroatoms. The third kappa shape index (κ3) is 3.06. The number of hydrogen-bond donors (Lipinski definition) is 0. The molecule has 90 valence electrons. The van der Waals surface area contributed by atoms with Crippen LogP contribution in [-0.4, -0.2) is 28.8 Å². The summed E-state index contributed by atoms with van der Waals surface area (Å²) in [6.45, 7) is 4.53. The van der Waals surface area contributed by atoms with Crippen LogP contribution >= 0.6 is 11.6 Å². The van der Waals surface area contributed by atoms with Gasteiger partial charge in [0, 0.05) is 13.7 Å². The molecule has 0 amide bonds. The Kier molecular flexibility index (Phi) is 4.96. The first-order valence-electron chi connectivity index (χ1n) is 5.39. The third-order valence-electron chi connectivity index (χ3n) is 2.33. The van der Waals surface area contributed by atoms with Crippen molar-refractivity contribution in [1.82, 2.24) is 9.78 Å². The predicted molar refractivity (Wildman–Crippen MR) is 62.8 cm³/mol. The highest BCUT2D eigenvalue weighted by molar-refractivity contribution is 6.32. The Morgan fingerprint density at radius 2 is 2.19 bits per heavy atom. The fourth-order valence-corrected chi connectivity index (χ4v) is 1.83. The lowest BCUT2D eigenvalue weighted by Crippen LogP contribution is -2.13. The van der Waals surface area contributed by atoms with E-state index in [4.69, 9.17) is 16.3 Å². The summed E-state index contributed by atoms with van der Waals surface area (Å²) in [6.07, 6.45) is 1.05. The molecule has 1 rings (SSSR count). The van der Waals surface area contributed by atoms with Crippen molar-refractivity contribution in [1.29, 1.82) is 0 Å². The van der Waals surface area contributed by atoms with Crippen molar-refractivity contribution in [2.45, 2.75) is 26.7 Å². The number of halogens is 1. The summed E-state index contributed by atoms with van der Waals surface area (Å²) in [6, 6.07) is 0. The zero-order valence-electron chi connectivity index (χ0n) is 9.92. The fraction of sp³-hybridized carbons (Fsp3) is 0.636. The van der Waals surface area contributed by atoms with Gasteiger partial charge in [-0.2, -0.15) is 5.10 Å². The number of nitrogens with zero attached hydrogens (tertiary/aromatic N) is 2. The molecular formula is C11H17ClN2O2. The molecule has 0 bridgehead atoms. The Morgan fingerprint density at radius 1 is 1.50 bits per heavy atom. The van der Waals surface area contributed by atoms with Crippen molar-refractivity contribution < 1.29 is 9.53 Å². The van der Waals surface area contributed by atoms with Crippen LogP contribution < -0.4 is 0 Å². The molecule has 4 nitrogen and oxygen atoms in total. The molecule has 1 aromatic heterocycles. The average Bonchev–Trinajstić information content (AvgIpc) is 2.53. The number of rotatable bonds is 6. The van der Waals surface area contributed by atoms with E-state index in [1.807, 2.05) is 13.8 Å². The quantitative estimate of drug-likeness (QED) is 0.766. The van der Waals surface area contributed by atoms with Gasteiger partial charge in [0.2, 0.25) is 0 Å². The number of aromatic nitrogens is 2. The monoisotopic (exact) mass is 244 g/mol. The third-order valence-corrected chi connectivity index (χ3v) is 2.77. The molecule has 0 saturated heterocycles. The molecule has 1 aromatic rings. The van der Waals surface area contributed by atoms with Crippen LogP contribution in [0.3, 0.4) is 0 Å². The first kappa shape index (κ1) is 13.2. The van der Waals surface area contributed by atoms with Gasteiger partial charge in [0.15, 0.2) is 5.78 Å². The summed E-state index contributed by atoms with van der Waals surface area (Å²) in [4.78, 5) is 11.5. The van der Waals surface area contributed by atoms with E-state index in [9.17, 15) is 4.79 Å². The van der Waals surface area contributed by atoms with Gasteiger partial charge in [0.05, 0.1) is 22.8 Å². The van der Waals surface area contributed by atoms with Crippen LogP contribution in [0.15, 0.2) is 0 Å². The molecule has 0 fully saturated rings. The summed E-state index contributed by atoms with van der Waals surface area (Å²) in [5.74, 6) is 0.0226. The van der Waals surface area contributed by atoms with Gasteiger partial charge in [0.25, 0.3) is 0 Å². The molecule has 0 radical (unpaired) electrons. The Bertz CT molecular complexity index is 374. The first-order valence-corrected chi connectivity index (χ1v) is 5.77. The van der Waals surface area contributed by atoms with Gasteiger partial charge in [-0.05, 0) is 13.3 Å². The summed E-state index contributed by atoms with van der Waals surface area (Å²) < 4.78 is 6.73. The molecule has 0 atom stereocenters. The SMILES string of the molecule is CCOCC(=O)Cc1c(Cl)c(CC)nn1C. The normalized spacial score (nSPS) is 10.8. The Morgan fingerprint density at radius 3 is 2.69 bits per heavy atom. The largest absolute Gasteiger partial charge is 0.374 e. The smallest absolute Gasteiger partial charge is 0.164 e. The van der Waals surface area contributed by atoms with E-state index in [0.717, 1.165) is 17.8 Å². The molecule has 0 aliphatic rings. The van der Waals surface area contributed by atoms with Gasteiger partial charge < -0.3 is 4.74 Å². The van der Waals surface area contributed by atoms with Crippen molar-refractivity contribution in [2.24, 2.45) is 7.05 Å². The minimum Gasteiger partial charge on any atom is -0.374 e. The van der Waals surface area contributed by atoms with Crippen LogP contribution in [0.25, 0.3) is 0 Å². The zero-order chi connectivity index (χ0) is 12.1. The first-order chi connectivity index (χ1) is 7.60. The van der Waals surface area contributed by atoms with E-state index >= 15 is 0 Å². The second-order valence-corrected chi connectivity index (χ2v) is 3.92. The van der Waals surface area contributed by atoms with Gasteiger partial charge in [0.1, 0.15) is 6.61 Å². The topological polar surface area (TPSA) is 44.1 Å². The van der Waals surface area contributed by atoms with Crippen LogP contribution in [0.1, 0.15) is 25.2 Å². The standard InChI is InChI=1S/C11H17ClN2O2/c1-4-9-11(12)10(14(3)13-9)6-8(15)7-16-5-2/h4-7H2,1-3H3. The number of Topliss-reactive ketones (excluding diaryl/α,β-unsaturated/α-hetero) is 1. The van der Waals surface area contributed by atoms with E-state index in [2.05, 4.69) is 5.10 Å². The molecular weight excluding hydrogens is 228 g/mol. The summed E-state index contributed by atoms with van der Waals surface area (Å²) in [5, 5.41) is 4.86. The number of hydrogen-bond acceptors (Lipinski definition) is 3. The van der Waals surface area contributed by atoms with Crippen LogP contribution in [0.5, 0.6) is 0 Å². The van der Waals surface area contributed by atoms with Gasteiger partial charge >= 0.3 is 0 Å². The minimum atomic E-state index is 0.0226. The molecule has 16 heavy (non-hydrogen) atoms. The molecule has 0 aliphatic heterocycles. The number of ether oxygens (including phenoxy) is 1. The summed E-state index contributed by atoms with van der Waals surface area (Å²) in [5.41, 5.74) is 1.60. The fourth-order valence-electron chi connectivity index (χ4n) is 1.47. The predicted octanol–water partition coefficient (Wildman–Crippen LogP) is 1.78. The number of ketones is 1. The van der Waals surface area contributed by atoms with Crippen LogP contribution in [0.4, 0.5) is 0 Å². The van der Waals surface area contributed by atoms with E-state index in [0.29, 0.717) is 11.6 Å². The second kappa shape index (κ2) is 6.01. The minimum absolute atomic E-state index is 0.0226. The molecule has 0 spiro atoms. The van der Waals surface area contributed by atoms with Gasteiger partial charge in [-0.1, -0.05) is 18.5 Å². The number of carbonyl (C=O) groups is 1. The second-order valence-electron chi connectivity index (χ2n) is 3.54. The maximum Gasteiger partial charge on any atom is 0.164 e. The summed E-state index contributed by atoms with van der Waals surface area (Å²) >= 11 is 6.13. The summed E-state index contributed by atoms with van der Waals surface area (Å²) in [7, 11) is 1.80. The molecule has 0 N–H and O–H groups in total. The molecule has 0 unspecified atom stereocenters. The lowest BCUT2D eigenvalue weighted by atomic mass is 10.2. The van der Waals surface area contributed by atoms with Gasteiger partial charge in [-0.25, -0.2) is 0 Å². The zero-order valence-corrected chi connectivity index (χ0v) is 10.7. The lowest BCUT2D eigenvalue weighted by Gasteiger charge is -2.02. The van der Waals surface area contributed by atoms with E-state index in [1.54, 1.807) is 11.7 Å². The molecule has 1 heterocycles. The Hall–Kier alpha value is -0.870. The highest BCUT2D eigenvalue weighted by Gasteiger charge is 2.15. The highest BCUT2D eigenvalue weighted by atomic mass is 35.5. The van der Waals surface area contributed by atoms with Crippen molar-refractivity contribution >= 4 is 17.4 Å². The van der Waals surface area contributed by atoms with Crippen LogP contribution in [-0.2, 0) is 29.4 Å². The van der Waals surface area contributed by atoms with Gasteiger partial charge in [-0.15, -0.1) is 0 Å². The molecule has 0 aliphatic carbocycles. The molecule has 0 aromatic carbocycles. The number of carbonyl (C=O) groups excluding carboxylic acids is 1. The average molecular weight is 245 g/mol. The van der Waals surface area contributed by atoms with Crippen molar-refractivity contribution in [3.63, 3.8) is 0 Å². The maximum absolute atomic E-state index is 11.5. The van der Waals surface area contributed by atoms with Crippen molar-refractivity contribution in [3.05, 3.63) is 16.4 Å². The Labute approximate surface area is 101 Å².